The first-order chi connectivity index (χ1) is 13.9. The molecule has 1 aliphatic carbocycles. The van der Waals surface area contributed by atoms with Crippen LogP contribution in [-0.2, 0) is 35.0 Å². The molecule has 154 valence electrons. The minimum Gasteiger partial charge on any atom is -0.379 e. The third kappa shape index (κ3) is 3.05. The number of halogens is 2. The standard InChI is InChI=1S/C21H23ClFN3O2S/c1-25-17(8-18(27)24-13-3-2-6-28-10-13)19-15-9-21(15,11-26(19)20(25)29)14-7-12(22)4-5-16(14)23/h4-5,7,13,15H,2-3,6,8-11H2,1H3,(H,24,27)/t13-,15+,21-/m1/s1. The SMILES string of the molecule is Cn1c(CC(=O)N[C@@H]2CCCOC2)c2n(c1=S)C[C@@]1(c3cc(Cl)ccc3F)C[C@@H]21. The van der Waals surface area contributed by atoms with Crippen LogP contribution in [0.4, 0.5) is 4.39 Å². The molecule has 29 heavy (non-hydrogen) atoms. The van der Waals surface area contributed by atoms with E-state index in [0.717, 1.165) is 37.3 Å². The summed E-state index contributed by atoms with van der Waals surface area (Å²) in [5.41, 5.74) is 2.36. The Morgan fingerprint density at radius 1 is 1.48 bits per heavy atom. The van der Waals surface area contributed by atoms with Gasteiger partial charge in [0.05, 0.1) is 19.1 Å². The average molecular weight is 436 g/mol. The highest BCUT2D eigenvalue weighted by Gasteiger charge is 2.63. The minimum absolute atomic E-state index is 0.0217. The number of nitrogens with zero attached hydrogens (tertiary/aromatic N) is 2. The molecule has 2 fully saturated rings. The second-order valence-electron chi connectivity index (χ2n) is 8.46. The predicted octanol–water partition coefficient (Wildman–Crippen LogP) is 3.63. The number of benzene rings is 1. The molecule has 0 unspecified atom stereocenters. The van der Waals surface area contributed by atoms with Crippen LogP contribution in [0.15, 0.2) is 18.2 Å². The molecule has 1 saturated heterocycles. The second kappa shape index (κ2) is 6.93. The lowest BCUT2D eigenvalue weighted by Gasteiger charge is -2.23. The second-order valence-corrected chi connectivity index (χ2v) is 9.26. The van der Waals surface area contributed by atoms with Gasteiger partial charge in [-0.25, -0.2) is 4.39 Å². The van der Waals surface area contributed by atoms with Crippen molar-refractivity contribution in [3.63, 3.8) is 0 Å². The smallest absolute Gasteiger partial charge is 0.226 e. The Morgan fingerprint density at radius 3 is 3.07 bits per heavy atom. The van der Waals surface area contributed by atoms with Crippen molar-refractivity contribution in [1.29, 1.82) is 0 Å². The van der Waals surface area contributed by atoms with Crippen LogP contribution in [0.25, 0.3) is 0 Å². The summed E-state index contributed by atoms with van der Waals surface area (Å²) in [5.74, 6) is -0.0831. The molecule has 2 aliphatic heterocycles. The van der Waals surface area contributed by atoms with Crippen LogP contribution in [0, 0.1) is 10.6 Å². The largest absolute Gasteiger partial charge is 0.379 e. The third-order valence-corrected chi connectivity index (χ3v) is 7.40. The number of rotatable bonds is 4. The number of nitrogens with one attached hydrogen (secondary N) is 1. The maximum atomic E-state index is 14.6. The Kier molecular flexibility index (Phi) is 4.60. The lowest BCUT2D eigenvalue weighted by Crippen LogP contribution is -2.41. The Hall–Kier alpha value is -1.70. The zero-order valence-electron chi connectivity index (χ0n) is 16.2. The topological polar surface area (TPSA) is 48.2 Å². The lowest BCUT2D eigenvalue weighted by molar-refractivity contribution is -0.122. The first-order valence-electron chi connectivity index (χ1n) is 10.0. The number of hydrogen-bond acceptors (Lipinski definition) is 3. The predicted molar refractivity (Wildman–Crippen MR) is 110 cm³/mol. The van der Waals surface area contributed by atoms with Gasteiger partial charge in [0.15, 0.2) is 4.77 Å². The van der Waals surface area contributed by atoms with E-state index in [0.29, 0.717) is 28.5 Å². The maximum absolute atomic E-state index is 14.6. The van der Waals surface area contributed by atoms with Crippen molar-refractivity contribution in [2.45, 2.75) is 49.6 Å². The maximum Gasteiger partial charge on any atom is 0.226 e. The fourth-order valence-corrected chi connectivity index (χ4v) is 5.59. The molecule has 3 atom stereocenters. The van der Waals surface area contributed by atoms with Crippen molar-refractivity contribution in [1.82, 2.24) is 14.5 Å². The summed E-state index contributed by atoms with van der Waals surface area (Å²) in [5, 5.41) is 3.62. The van der Waals surface area contributed by atoms with Crippen molar-refractivity contribution in [2.24, 2.45) is 7.05 Å². The van der Waals surface area contributed by atoms with Crippen LogP contribution < -0.4 is 5.32 Å². The molecule has 3 aliphatic rings. The Bertz CT molecular complexity index is 1060. The molecule has 3 heterocycles. The summed E-state index contributed by atoms with van der Waals surface area (Å²) in [6.07, 6.45) is 3.03. The van der Waals surface area contributed by atoms with E-state index in [1.807, 2.05) is 11.6 Å². The number of carbonyl (C=O) groups excluding carboxylic acids is 1. The highest BCUT2D eigenvalue weighted by Crippen LogP contribution is 2.66. The van der Waals surface area contributed by atoms with E-state index in [1.165, 1.54) is 6.07 Å². The van der Waals surface area contributed by atoms with Gasteiger partial charge in [0.1, 0.15) is 5.82 Å². The highest BCUT2D eigenvalue weighted by molar-refractivity contribution is 7.71. The minimum atomic E-state index is -0.297. The van der Waals surface area contributed by atoms with E-state index in [4.69, 9.17) is 28.6 Å². The van der Waals surface area contributed by atoms with Crippen LogP contribution in [-0.4, -0.2) is 34.3 Å². The monoisotopic (exact) mass is 435 g/mol. The van der Waals surface area contributed by atoms with Crippen molar-refractivity contribution in [3.05, 3.63) is 50.8 Å². The van der Waals surface area contributed by atoms with Crippen molar-refractivity contribution < 1.29 is 13.9 Å². The number of imidazole rings is 1. The molecule has 1 saturated carbocycles. The van der Waals surface area contributed by atoms with Gasteiger partial charge in [0.25, 0.3) is 0 Å². The number of fused-ring (bicyclic) bond motifs is 3. The first kappa shape index (κ1) is 19.3. The Balaban J connectivity index is 1.42. The molecule has 1 N–H and O–H groups in total. The van der Waals surface area contributed by atoms with E-state index >= 15 is 0 Å². The summed E-state index contributed by atoms with van der Waals surface area (Å²) < 4.78 is 24.7. The first-order valence-corrected chi connectivity index (χ1v) is 10.8. The molecule has 0 bridgehead atoms. The van der Waals surface area contributed by atoms with Crippen LogP contribution in [0.1, 0.15) is 42.1 Å². The number of hydrogen-bond donors (Lipinski definition) is 1. The molecule has 2 aromatic rings. The highest BCUT2D eigenvalue weighted by atomic mass is 35.5. The summed E-state index contributed by atoms with van der Waals surface area (Å²) in [4.78, 5) is 12.7. The van der Waals surface area contributed by atoms with E-state index < -0.39 is 0 Å². The van der Waals surface area contributed by atoms with Crippen molar-refractivity contribution in [3.8, 4) is 0 Å². The summed E-state index contributed by atoms with van der Waals surface area (Å²) in [6.45, 7) is 1.96. The fraction of sp³-hybridized carbons (Fsp3) is 0.524. The number of aromatic nitrogens is 2. The van der Waals surface area contributed by atoms with Crippen molar-refractivity contribution >= 4 is 29.7 Å². The van der Waals surface area contributed by atoms with Crippen LogP contribution in [0.2, 0.25) is 5.02 Å². The molecule has 0 radical (unpaired) electrons. The molecular weight excluding hydrogens is 413 g/mol. The van der Waals surface area contributed by atoms with E-state index in [1.54, 1.807) is 12.1 Å². The van der Waals surface area contributed by atoms with Crippen LogP contribution >= 0.6 is 23.8 Å². The lowest BCUT2D eigenvalue weighted by atomic mass is 9.93. The van der Waals surface area contributed by atoms with Gasteiger partial charge in [0, 0.05) is 47.9 Å². The van der Waals surface area contributed by atoms with Gasteiger partial charge in [-0.2, -0.15) is 0 Å². The van der Waals surface area contributed by atoms with E-state index in [-0.39, 0.29) is 35.5 Å². The summed E-state index contributed by atoms with van der Waals surface area (Å²) >= 11 is 11.8. The quantitative estimate of drug-likeness (QED) is 0.746. The Labute approximate surface area is 178 Å². The van der Waals surface area contributed by atoms with Gasteiger partial charge >= 0.3 is 0 Å². The molecule has 0 spiro atoms. The number of ether oxygens (including phenoxy) is 1. The summed E-state index contributed by atoms with van der Waals surface area (Å²) in [6, 6.07) is 4.82. The van der Waals surface area contributed by atoms with Gasteiger partial charge in [-0.3, -0.25) is 4.79 Å². The van der Waals surface area contributed by atoms with Gasteiger partial charge < -0.3 is 19.2 Å². The average Bonchev–Trinajstić information content (AvgIpc) is 3.26. The third-order valence-electron chi connectivity index (χ3n) is 6.67. The van der Waals surface area contributed by atoms with Gasteiger partial charge in [0.2, 0.25) is 5.91 Å². The molecular formula is C21H23ClFN3O2S. The molecule has 5 rings (SSSR count). The molecule has 5 nitrogen and oxygen atoms in total. The van der Waals surface area contributed by atoms with Gasteiger partial charge in [-0.1, -0.05) is 11.6 Å². The fourth-order valence-electron chi connectivity index (χ4n) is 5.15. The zero-order chi connectivity index (χ0) is 20.3. The molecule has 1 aromatic carbocycles. The van der Waals surface area contributed by atoms with Gasteiger partial charge in [-0.05, 0) is 55.2 Å². The zero-order valence-corrected chi connectivity index (χ0v) is 17.8. The van der Waals surface area contributed by atoms with E-state index in [2.05, 4.69) is 9.88 Å². The summed E-state index contributed by atoms with van der Waals surface area (Å²) in [7, 11) is 1.91. The van der Waals surface area contributed by atoms with Crippen LogP contribution in [0.3, 0.4) is 0 Å². The Morgan fingerprint density at radius 2 is 2.31 bits per heavy atom. The number of amides is 1. The number of carbonyl (C=O) groups is 1. The normalized spacial score (nSPS) is 27.4. The molecule has 1 amide bonds. The van der Waals surface area contributed by atoms with Crippen molar-refractivity contribution in [2.75, 3.05) is 13.2 Å². The van der Waals surface area contributed by atoms with Crippen LogP contribution in [0.5, 0.6) is 0 Å². The van der Waals surface area contributed by atoms with E-state index in [9.17, 15) is 9.18 Å². The van der Waals surface area contributed by atoms with Gasteiger partial charge in [-0.15, -0.1) is 0 Å². The molecule has 1 aromatic heterocycles. The molecule has 8 heteroatoms.